The average molecular weight is 413 g/mol. The Morgan fingerprint density at radius 2 is 1.83 bits per heavy atom. The van der Waals surface area contributed by atoms with Crippen LogP contribution in [0.2, 0.25) is 0 Å². The minimum atomic E-state index is -0.600. The maximum atomic E-state index is 14.4. The molecule has 2 aromatic rings. The highest BCUT2D eigenvalue weighted by Crippen LogP contribution is 2.55. The number of benzene rings is 1. The number of hydrogen-bond donors (Lipinski definition) is 1. The first-order valence-electron chi connectivity index (χ1n) is 10.2. The van der Waals surface area contributed by atoms with Gasteiger partial charge in [-0.05, 0) is 88.0 Å². The molecule has 2 heterocycles. The summed E-state index contributed by atoms with van der Waals surface area (Å²) in [5.74, 6) is 0.498. The lowest BCUT2D eigenvalue weighted by Gasteiger charge is -2.32. The van der Waals surface area contributed by atoms with E-state index in [2.05, 4.69) is 5.32 Å². The van der Waals surface area contributed by atoms with Crippen LogP contribution in [-0.4, -0.2) is 24.2 Å². The van der Waals surface area contributed by atoms with Crippen molar-refractivity contribution >= 4 is 35.5 Å². The summed E-state index contributed by atoms with van der Waals surface area (Å²) in [4.78, 5) is 14.8. The molecule has 1 amide bonds. The van der Waals surface area contributed by atoms with Crippen molar-refractivity contribution in [2.75, 3.05) is 5.32 Å². The fourth-order valence-electron chi connectivity index (χ4n) is 4.62. The van der Waals surface area contributed by atoms with Gasteiger partial charge in [-0.2, -0.15) is 0 Å². The van der Waals surface area contributed by atoms with Gasteiger partial charge in [-0.3, -0.25) is 4.79 Å². The van der Waals surface area contributed by atoms with E-state index in [1.165, 1.54) is 35.8 Å². The Hall–Kier alpha value is -1.70. The van der Waals surface area contributed by atoms with Gasteiger partial charge in [-0.15, -0.1) is 11.3 Å². The smallest absolute Gasteiger partial charge is 0.399 e. The van der Waals surface area contributed by atoms with E-state index < -0.39 is 24.1 Å². The van der Waals surface area contributed by atoms with Crippen LogP contribution in [0.5, 0.6) is 0 Å². The van der Waals surface area contributed by atoms with Crippen LogP contribution >= 0.6 is 11.3 Å². The molecule has 2 bridgehead atoms. The summed E-state index contributed by atoms with van der Waals surface area (Å²) in [6.45, 7) is 7.90. The molecule has 2 fully saturated rings. The van der Waals surface area contributed by atoms with Crippen molar-refractivity contribution in [2.24, 2.45) is 0 Å². The van der Waals surface area contributed by atoms with Crippen LogP contribution < -0.4 is 10.8 Å². The van der Waals surface area contributed by atoms with Crippen molar-refractivity contribution in [1.82, 2.24) is 0 Å². The molecule has 1 saturated heterocycles. The normalized spacial score (nSPS) is 26.0. The van der Waals surface area contributed by atoms with Crippen molar-refractivity contribution in [3.8, 4) is 0 Å². The number of rotatable bonds is 3. The Balaban J connectivity index is 1.37. The zero-order valence-corrected chi connectivity index (χ0v) is 18.0. The first kappa shape index (κ1) is 19.3. The van der Waals surface area contributed by atoms with Crippen LogP contribution in [0.15, 0.2) is 24.3 Å². The quantitative estimate of drug-likeness (QED) is 0.736. The lowest BCUT2D eigenvalue weighted by atomic mass is 9.79. The van der Waals surface area contributed by atoms with Gasteiger partial charge in [0.05, 0.1) is 21.8 Å². The van der Waals surface area contributed by atoms with E-state index in [1.54, 1.807) is 23.5 Å². The topological polar surface area (TPSA) is 47.6 Å². The lowest BCUT2D eigenvalue weighted by Crippen LogP contribution is -2.41. The van der Waals surface area contributed by atoms with Crippen LogP contribution in [0.3, 0.4) is 0 Å². The average Bonchev–Trinajstić information content (AvgIpc) is 3.38. The van der Waals surface area contributed by atoms with E-state index in [-0.39, 0.29) is 11.6 Å². The summed E-state index contributed by atoms with van der Waals surface area (Å²) in [5.41, 5.74) is 1.22. The van der Waals surface area contributed by atoms with Gasteiger partial charge in [0.25, 0.3) is 5.91 Å². The summed E-state index contributed by atoms with van der Waals surface area (Å²) in [6.07, 6.45) is 3.68. The van der Waals surface area contributed by atoms with Crippen molar-refractivity contribution in [2.45, 2.75) is 70.0 Å². The zero-order valence-electron chi connectivity index (χ0n) is 17.2. The number of fused-ring (bicyclic) bond motifs is 5. The SMILES string of the molecule is CC1(C)OB(c2ccc(F)c(NC(=O)c3cc4c(s3)C3CC[C@H]4C3)c2)OC1(C)C. The van der Waals surface area contributed by atoms with Crippen LogP contribution in [0, 0.1) is 5.82 Å². The minimum absolute atomic E-state index is 0.152. The second kappa shape index (κ2) is 6.40. The zero-order chi connectivity index (χ0) is 20.6. The Bertz CT molecular complexity index is 958. The largest absolute Gasteiger partial charge is 0.494 e. The maximum absolute atomic E-state index is 14.4. The number of nitrogens with one attached hydrogen (secondary N) is 1. The molecular weight excluding hydrogens is 388 g/mol. The summed E-state index contributed by atoms with van der Waals surface area (Å²) >= 11 is 1.56. The fraction of sp³-hybridized carbons (Fsp3) is 0.500. The molecular formula is C22H25BFNO3S. The molecule has 3 aliphatic rings. The summed E-state index contributed by atoms with van der Waals surface area (Å²) in [7, 11) is -0.600. The lowest BCUT2D eigenvalue weighted by molar-refractivity contribution is 0.00578. The van der Waals surface area contributed by atoms with E-state index in [0.717, 1.165) is 0 Å². The predicted molar refractivity (Wildman–Crippen MR) is 114 cm³/mol. The van der Waals surface area contributed by atoms with E-state index >= 15 is 0 Å². The van der Waals surface area contributed by atoms with Crippen molar-refractivity contribution in [3.63, 3.8) is 0 Å². The van der Waals surface area contributed by atoms with Crippen molar-refractivity contribution < 1.29 is 18.5 Å². The van der Waals surface area contributed by atoms with Crippen LogP contribution in [-0.2, 0) is 9.31 Å². The van der Waals surface area contributed by atoms with E-state index in [9.17, 15) is 9.18 Å². The Kier molecular flexibility index (Phi) is 4.25. The van der Waals surface area contributed by atoms with Gasteiger partial charge in [-0.25, -0.2) is 4.39 Å². The van der Waals surface area contributed by atoms with Gasteiger partial charge >= 0.3 is 7.12 Å². The van der Waals surface area contributed by atoms with E-state index in [1.807, 2.05) is 33.8 Å². The fourth-order valence-corrected chi connectivity index (χ4v) is 5.91. The van der Waals surface area contributed by atoms with Gasteiger partial charge in [0, 0.05) is 4.88 Å². The summed E-state index contributed by atoms with van der Waals surface area (Å²) in [6, 6.07) is 6.62. The third kappa shape index (κ3) is 3.06. The molecule has 29 heavy (non-hydrogen) atoms. The highest BCUT2D eigenvalue weighted by atomic mass is 32.1. The molecule has 7 heteroatoms. The van der Waals surface area contributed by atoms with Gasteiger partial charge in [0.2, 0.25) is 0 Å². The van der Waals surface area contributed by atoms with Crippen LogP contribution in [0.25, 0.3) is 0 Å². The summed E-state index contributed by atoms with van der Waals surface area (Å²) in [5, 5.41) is 2.76. The number of thiophene rings is 1. The number of amides is 1. The Labute approximate surface area is 174 Å². The molecule has 152 valence electrons. The van der Waals surface area contributed by atoms with Gasteiger partial charge < -0.3 is 14.6 Å². The molecule has 0 radical (unpaired) electrons. The third-order valence-corrected chi connectivity index (χ3v) is 8.33. The number of anilines is 1. The number of carbonyl (C=O) groups is 1. The Morgan fingerprint density at radius 3 is 2.52 bits per heavy atom. The molecule has 1 unspecified atom stereocenters. The first-order chi connectivity index (χ1) is 13.6. The van der Waals surface area contributed by atoms with E-state index in [0.29, 0.717) is 22.2 Å². The number of hydrogen-bond acceptors (Lipinski definition) is 4. The molecule has 1 N–H and O–H groups in total. The van der Waals surface area contributed by atoms with Crippen molar-refractivity contribution in [3.05, 3.63) is 45.4 Å². The van der Waals surface area contributed by atoms with Crippen LogP contribution in [0.4, 0.5) is 10.1 Å². The monoisotopic (exact) mass is 413 g/mol. The molecule has 1 saturated carbocycles. The predicted octanol–water partition coefficient (Wildman–Crippen LogP) is 4.80. The van der Waals surface area contributed by atoms with Gasteiger partial charge in [0.15, 0.2) is 0 Å². The molecule has 0 spiro atoms. The molecule has 1 aromatic heterocycles. The molecule has 2 atom stereocenters. The number of carbonyl (C=O) groups excluding carboxylic acids is 1. The first-order valence-corrected chi connectivity index (χ1v) is 11.1. The molecule has 4 nitrogen and oxygen atoms in total. The van der Waals surface area contributed by atoms with Crippen molar-refractivity contribution in [1.29, 1.82) is 0 Å². The minimum Gasteiger partial charge on any atom is -0.399 e. The molecule has 1 aromatic carbocycles. The Morgan fingerprint density at radius 1 is 1.14 bits per heavy atom. The second-order valence-corrected chi connectivity index (χ2v) is 10.5. The standard InChI is InChI=1S/C22H25BFNO3S/c1-21(2)22(3,4)28-23(27-21)14-7-8-16(24)17(10-14)25-20(26)18-11-15-12-5-6-13(9-12)19(15)29-18/h7-8,10-13H,5-6,9H2,1-4H3,(H,25,26)/t12-,13?/m0/s1. The van der Waals surface area contributed by atoms with Gasteiger partial charge in [-0.1, -0.05) is 6.07 Å². The highest BCUT2D eigenvalue weighted by Gasteiger charge is 2.51. The van der Waals surface area contributed by atoms with E-state index in [4.69, 9.17) is 9.31 Å². The van der Waals surface area contributed by atoms with Gasteiger partial charge in [0.1, 0.15) is 5.82 Å². The third-order valence-electron chi connectivity index (χ3n) is 7.02. The number of halogens is 1. The summed E-state index contributed by atoms with van der Waals surface area (Å²) < 4.78 is 26.5. The molecule has 1 aliphatic heterocycles. The second-order valence-electron chi connectivity index (χ2n) is 9.42. The molecule has 5 rings (SSSR count). The maximum Gasteiger partial charge on any atom is 0.494 e. The molecule has 2 aliphatic carbocycles. The van der Waals surface area contributed by atoms with Crippen LogP contribution in [0.1, 0.15) is 78.9 Å². The highest BCUT2D eigenvalue weighted by molar-refractivity contribution is 7.14.